The van der Waals surface area contributed by atoms with Crippen LogP contribution in [0.5, 0.6) is 0 Å². The molecule has 1 aromatic heterocycles. The van der Waals surface area contributed by atoms with Crippen LogP contribution in [-0.2, 0) is 11.3 Å². The van der Waals surface area contributed by atoms with Crippen LogP contribution in [0.4, 0.5) is 4.39 Å². The third-order valence-electron chi connectivity index (χ3n) is 4.12. The van der Waals surface area contributed by atoms with E-state index in [1.807, 2.05) is 20.8 Å². The lowest BCUT2D eigenvalue weighted by molar-refractivity contribution is -0.123. The fourth-order valence-electron chi connectivity index (χ4n) is 2.31. The molecule has 24 heavy (non-hydrogen) atoms. The van der Waals surface area contributed by atoms with Crippen molar-refractivity contribution in [2.24, 2.45) is 11.7 Å². The molecule has 132 valence electrons. The lowest BCUT2D eigenvalue weighted by atomic mass is 9.99. The van der Waals surface area contributed by atoms with Crippen molar-refractivity contribution in [3.05, 3.63) is 47.8 Å². The zero-order valence-corrected chi connectivity index (χ0v) is 14.9. The molecule has 0 aliphatic heterocycles. The van der Waals surface area contributed by atoms with Gasteiger partial charge in [0.2, 0.25) is 5.91 Å². The van der Waals surface area contributed by atoms with Crippen LogP contribution in [0.15, 0.2) is 30.6 Å². The molecule has 5 nitrogen and oxygen atoms in total. The number of halogens is 2. The summed E-state index contributed by atoms with van der Waals surface area (Å²) < 4.78 is 16.0. The van der Waals surface area contributed by atoms with Crippen molar-refractivity contribution in [3.63, 3.8) is 0 Å². The second kappa shape index (κ2) is 8.80. The molecule has 0 bridgehead atoms. The van der Waals surface area contributed by atoms with Gasteiger partial charge in [-0.25, -0.2) is 9.37 Å². The van der Waals surface area contributed by atoms with Gasteiger partial charge in [0.15, 0.2) is 0 Å². The Morgan fingerprint density at radius 3 is 2.71 bits per heavy atom. The smallest absolute Gasteiger partial charge is 0.237 e. The van der Waals surface area contributed by atoms with Crippen LogP contribution in [0.1, 0.15) is 31.7 Å². The van der Waals surface area contributed by atoms with Crippen molar-refractivity contribution >= 4 is 18.3 Å². The molecule has 1 aromatic carbocycles. The third kappa shape index (κ3) is 4.55. The number of nitrogens with zero attached hydrogens (tertiary/aromatic N) is 2. The van der Waals surface area contributed by atoms with Crippen LogP contribution in [0.25, 0.3) is 5.69 Å². The molecule has 0 spiro atoms. The Morgan fingerprint density at radius 2 is 2.17 bits per heavy atom. The number of benzene rings is 1. The van der Waals surface area contributed by atoms with E-state index in [4.69, 9.17) is 5.73 Å². The van der Waals surface area contributed by atoms with Crippen LogP contribution in [-0.4, -0.2) is 21.5 Å². The van der Waals surface area contributed by atoms with Gasteiger partial charge in [-0.05, 0) is 30.5 Å². The summed E-state index contributed by atoms with van der Waals surface area (Å²) in [5, 5.41) is 2.76. The zero-order chi connectivity index (χ0) is 17.0. The molecule has 3 N–H and O–H groups in total. The Bertz CT molecular complexity index is 689. The lowest BCUT2D eigenvalue weighted by Crippen LogP contribution is -2.44. The summed E-state index contributed by atoms with van der Waals surface area (Å²) in [6.45, 7) is 5.99. The lowest BCUT2D eigenvalue weighted by Gasteiger charge is -2.18. The Hall–Kier alpha value is -1.92. The zero-order valence-electron chi connectivity index (χ0n) is 14.1. The summed E-state index contributed by atoms with van der Waals surface area (Å²) in [5.41, 5.74) is 7.00. The average molecular weight is 355 g/mol. The number of carbonyl (C=O) groups excluding carboxylic acids is 1. The van der Waals surface area contributed by atoms with Crippen LogP contribution >= 0.6 is 12.4 Å². The molecule has 1 heterocycles. The molecular weight excluding hydrogens is 331 g/mol. The van der Waals surface area contributed by atoms with Gasteiger partial charge in [0.1, 0.15) is 11.6 Å². The number of rotatable bonds is 6. The first-order valence-electron chi connectivity index (χ1n) is 7.76. The first-order valence-corrected chi connectivity index (χ1v) is 7.76. The van der Waals surface area contributed by atoms with Gasteiger partial charge < -0.3 is 15.6 Å². The summed E-state index contributed by atoms with van der Waals surface area (Å²) >= 11 is 0. The van der Waals surface area contributed by atoms with Crippen LogP contribution < -0.4 is 11.1 Å². The second-order valence-electron chi connectivity index (χ2n) is 5.76. The molecule has 1 amide bonds. The molecule has 0 radical (unpaired) electrons. The van der Waals surface area contributed by atoms with Crippen molar-refractivity contribution in [3.8, 4) is 5.69 Å². The van der Waals surface area contributed by atoms with E-state index in [1.165, 1.54) is 6.07 Å². The van der Waals surface area contributed by atoms with Gasteiger partial charge >= 0.3 is 0 Å². The monoisotopic (exact) mass is 354 g/mol. The molecule has 0 aliphatic rings. The molecule has 2 atom stereocenters. The van der Waals surface area contributed by atoms with Crippen molar-refractivity contribution in [1.82, 2.24) is 14.9 Å². The van der Waals surface area contributed by atoms with E-state index >= 15 is 0 Å². The van der Waals surface area contributed by atoms with E-state index in [9.17, 15) is 9.18 Å². The summed E-state index contributed by atoms with van der Waals surface area (Å²) in [4.78, 5) is 16.0. The highest BCUT2D eigenvalue weighted by Gasteiger charge is 2.19. The largest absolute Gasteiger partial charge is 0.351 e. The summed E-state index contributed by atoms with van der Waals surface area (Å²) in [5.74, 6) is 0.251. The number of amides is 1. The number of aryl methyl sites for hydroxylation is 1. The Kier molecular flexibility index (Phi) is 7.38. The minimum Gasteiger partial charge on any atom is -0.351 e. The number of nitrogens with two attached hydrogens (primary N) is 1. The van der Waals surface area contributed by atoms with E-state index in [0.717, 1.165) is 6.42 Å². The minimum absolute atomic E-state index is 0. The summed E-state index contributed by atoms with van der Waals surface area (Å²) in [7, 11) is 0. The quantitative estimate of drug-likeness (QED) is 0.837. The molecule has 0 saturated heterocycles. The average Bonchev–Trinajstić information content (AvgIpc) is 2.97. The Balaban J connectivity index is 0.00000288. The molecule has 2 rings (SSSR count). The van der Waals surface area contributed by atoms with Gasteiger partial charge in [0, 0.05) is 18.9 Å². The maximum Gasteiger partial charge on any atom is 0.237 e. The number of carbonyl (C=O) groups is 1. The predicted octanol–water partition coefficient (Wildman–Crippen LogP) is 2.73. The van der Waals surface area contributed by atoms with Gasteiger partial charge in [0.05, 0.1) is 11.7 Å². The summed E-state index contributed by atoms with van der Waals surface area (Å²) in [6, 6.07) is 4.34. The fourth-order valence-corrected chi connectivity index (χ4v) is 2.31. The number of aromatic nitrogens is 2. The maximum absolute atomic E-state index is 14.3. The topological polar surface area (TPSA) is 72.9 Å². The normalized spacial score (nSPS) is 13.0. The Labute approximate surface area is 147 Å². The van der Waals surface area contributed by atoms with E-state index in [2.05, 4.69) is 10.3 Å². The summed E-state index contributed by atoms with van der Waals surface area (Å²) in [6.07, 6.45) is 4.17. The van der Waals surface area contributed by atoms with Gasteiger partial charge in [0.25, 0.3) is 0 Å². The van der Waals surface area contributed by atoms with Gasteiger partial charge in [-0.3, -0.25) is 4.79 Å². The van der Waals surface area contributed by atoms with Crippen LogP contribution in [0.3, 0.4) is 0 Å². The number of imidazole rings is 1. The molecule has 7 heteroatoms. The van der Waals surface area contributed by atoms with Crippen LogP contribution in [0, 0.1) is 18.7 Å². The van der Waals surface area contributed by atoms with Crippen molar-refractivity contribution in [2.75, 3.05) is 0 Å². The first-order chi connectivity index (χ1) is 10.9. The molecule has 0 saturated carbocycles. The van der Waals surface area contributed by atoms with Crippen molar-refractivity contribution < 1.29 is 9.18 Å². The highest BCUT2D eigenvalue weighted by atomic mass is 35.5. The molecular formula is C17H24ClFN4O. The molecule has 2 aromatic rings. The maximum atomic E-state index is 14.3. The standard InChI is InChI=1S/C17H23FN4O.ClH/c1-4-11(2)16(19)17(23)21-10-13-5-6-15(14(18)9-13)22-8-7-20-12(22)3;/h5-9,11,16H,4,10,19H2,1-3H3,(H,21,23);1H. The highest BCUT2D eigenvalue weighted by Crippen LogP contribution is 2.17. The van der Waals surface area contributed by atoms with E-state index in [1.54, 1.807) is 29.1 Å². The number of nitrogens with one attached hydrogen (secondary N) is 1. The van der Waals surface area contributed by atoms with E-state index in [-0.39, 0.29) is 36.6 Å². The predicted molar refractivity (Wildman–Crippen MR) is 94.8 cm³/mol. The van der Waals surface area contributed by atoms with Crippen molar-refractivity contribution in [2.45, 2.75) is 39.8 Å². The SMILES string of the molecule is CCC(C)C(N)C(=O)NCc1ccc(-n2ccnc2C)c(F)c1.Cl. The highest BCUT2D eigenvalue weighted by molar-refractivity contribution is 5.85. The molecule has 0 fully saturated rings. The van der Waals surface area contributed by atoms with Crippen LogP contribution in [0.2, 0.25) is 0 Å². The molecule has 0 aliphatic carbocycles. The fraction of sp³-hybridized carbons (Fsp3) is 0.412. The number of hydrogen-bond acceptors (Lipinski definition) is 3. The third-order valence-corrected chi connectivity index (χ3v) is 4.12. The van der Waals surface area contributed by atoms with E-state index in [0.29, 0.717) is 17.1 Å². The van der Waals surface area contributed by atoms with Gasteiger partial charge in [-0.2, -0.15) is 0 Å². The van der Waals surface area contributed by atoms with Gasteiger partial charge in [-0.15, -0.1) is 12.4 Å². The number of hydrogen-bond donors (Lipinski definition) is 2. The van der Waals surface area contributed by atoms with Crippen molar-refractivity contribution in [1.29, 1.82) is 0 Å². The molecule has 2 unspecified atom stereocenters. The van der Waals surface area contributed by atoms with Gasteiger partial charge in [-0.1, -0.05) is 26.3 Å². The van der Waals surface area contributed by atoms with E-state index < -0.39 is 6.04 Å². The second-order valence-corrected chi connectivity index (χ2v) is 5.76. The minimum atomic E-state index is -0.544. The Morgan fingerprint density at radius 1 is 1.46 bits per heavy atom. The first kappa shape index (κ1) is 20.1.